The van der Waals surface area contributed by atoms with Crippen LogP contribution < -0.4 is 9.47 Å². The van der Waals surface area contributed by atoms with E-state index >= 15 is 0 Å². The number of para-hydroxylation sites is 2. The van der Waals surface area contributed by atoms with Crippen LogP contribution in [0.2, 0.25) is 0 Å². The maximum Gasteiger partial charge on any atom is 0.161 e. The fourth-order valence-corrected chi connectivity index (χ4v) is 1.27. The Morgan fingerprint density at radius 3 is 2.24 bits per heavy atom. The minimum absolute atomic E-state index is 0.193. The molecule has 0 amide bonds. The summed E-state index contributed by atoms with van der Waals surface area (Å²) in [5.74, 6) is 1.63. The van der Waals surface area contributed by atoms with E-state index in [1.54, 1.807) is 0 Å². The summed E-state index contributed by atoms with van der Waals surface area (Å²) in [6.07, 6.45) is 0.511. The van der Waals surface area contributed by atoms with Crippen molar-refractivity contribution in [3.8, 4) is 11.5 Å². The Balaban J connectivity index is 2.57. The molecule has 0 aliphatic heterocycles. The highest BCUT2D eigenvalue weighted by Gasteiger charge is 2.11. The molecular weight excluding hydrogens is 216 g/mol. The van der Waals surface area contributed by atoms with Crippen LogP contribution in [0, 0.1) is 5.92 Å². The van der Waals surface area contributed by atoms with Crippen LogP contribution in [-0.4, -0.2) is 24.4 Å². The van der Waals surface area contributed by atoms with E-state index in [-0.39, 0.29) is 5.92 Å². The van der Waals surface area contributed by atoms with Gasteiger partial charge in [-0.15, -0.1) is 0 Å². The van der Waals surface area contributed by atoms with Gasteiger partial charge < -0.3 is 14.6 Å². The molecule has 0 heterocycles. The van der Waals surface area contributed by atoms with Gasteiger partial charge in [0, 0.05) is 0 Å². The van der Waals surface area contributed by atoms with Crippen LogP contribution in [-0.2, 0) is 0 Å². The Labute approximate surface area is 103 Å². The fraction of sp³-hybridized carbons (Fsp3) is 0.571. The van der Waals surface area contributed by atoms with Gasteiger partial charge in [0.25, 0.3) is 0 Å². The number of ether oxygens (including phenoxy) is 2. The first-order valence-electron chi connectivity index (χ1n) is 6.17. The van der Waals surface area contributed by atoms with Gasteiger partial charge in [0.1, 0.15) is 6.61 Å². The van der Waals surface area contributed by atoms with Crippen LogP contribution in [0.15, 0.2) is 24.3 Å². The van der Waals surface area contributed by atoms with E-state index in [0.717, 1.165) is 12.2 Å². The normalized spacial score (nSPS) is 12.5. The topological polar surface area (TPSA) is 38.7 Å². The molecule has 0 spiro atoms. The molecule has 1 unspecified atom stereocenters. The Bertz CT molecular complexity index is 323. The summed E-state index contributed by atoms with van der Waals surface area (Å²) in [6.45, 7) is 6.96. The third-order valence-electron chi connectivity index (χ3n) is 2.49. The molecule has 96 valence electrons. The van der Waals surface area contributed by atoms with Crippen LogP contribution in [0.1, 0.15) is 27.2 Å². The molecule has 1 atom stereocenters. The number of aliphatic hydroxyl groups excluding tert-OH is 1. The van der Waals surface area contributed by atoms with Crippen LogP contribution in [0.4, 0.5) is 0 Å². The summed E-state index contributed by atoms with van der Waals surface area (Å²) >= 11 is 0. The molecule has 0 radical (unpaired) electrons. The number of aliphatic hydroxyl groups is 1. The molecule has 1 aromatic carbocycles. The Kier molecular flexibility index (Phi) is 5.84. The summed E-state index contributed by atoms with van der Waals surface area (Å²) in [5, 5.41) is 9.69. The lowest BCUT2D eigenvalue weighted by atomic mass is 10.1. The van der Waals surface area contributed by atoms with Crippen molar-refractivity contribution < 1.29 is 14.6 Å². The first kappa shape index (κ1) is 13.8. The number of hydrogen-bond acceptors (Lipinski definition) is 3. The molecule has 3 nitrogen and oxygen atoms in total. The van der Waals surface area contributed by atoms with Crippen molar-refractivity contribution in [3.05, 3.63) is 24.3 Å². The van der Waals surface area contributed by atoms with Gasteiger partial charge in [-0.3, -0.25) is 0 Å². The van der Waals surface area contributed by atoms with Gasteiger partial charge in [0.05, 0.1) is 12.7 Å². The molecule has 1 aromatic rings. The van der Waals surface area contributed by atoms with Gasteiger partial charge in [0.15, 0.2) is 11.5 Å². The highest BCUT2D eigenvalue weighted by Crippen LogP contribution is 2.26. The number of hydrogen-bond donors (Lipinski definition) is 1. The van der Waals surface area contributed by atoms with E-state index in [4.69, 9.17) is 9.47 Å². The van der Waals surface area contributed by atoms with E-state index in [0.29, 0.717) is 19.0 Å². The number of rotatable bonds is 7. The van der Waals surface area contributed by atoms with Crippen molar-refractivity contribution in [2.24, 2.45) is 5.92 Å². The third kappa shape index (κ3) is 4.65. The molecule has 0 aliphatic carbocycles. The Morgan fingerprint density at radius 1 is 1.12 bits per heavy atom. The van der Waals surface area contributed by atoms with Gasteiger partial charge in [-0.25, -0.2) is 0 Å². The van der Waals surface area contributed by atoms with Gasteiger partial charge in [-0.05, 0) is 24.5 Å². The molecule has 17 heavy (non-hydrogen) atoms. The van der Waals surface area contributed by atoms with Crippen LogP contribution >= 0.6 is 0 Å². The highest BCUT2D eigenvalue weighted by atomic mass is 16.5. The van der Waals surface area contributed by atoms with E-state index in [1.165, 1.54) is 0 Å². The van der Waals surface area contributed by atoms with E-state index < -0.39 is 6.10 Å². The molecule has 0 saturated carbocycles. The highest BCUT2D eigenvalue weighted by molar-refractivity contribution is 5.39. The maximum absolute atomic E-state index is 9.69. The van der Waals surface area contributed by atoms with Crippen molar-refractivity contribution in [3.63, 3.8) is 0 Å². The van der Waals surface area contributed by atoms with Crippen molar-refractivity contribution in [1.29, 1.82) is 0 Å². The number of benzene rings is 1. The smallest absolute Gasteiger partial charge is 0.161 e. The SMILES string of the molecule is CCCOc1ccccc1OCC(O)C(C)C. The quantitative estimate of drug-likeness (QED) is 0.794. The average Bonchev–Trinajstić information content (AvgIpc) is 2.34. The largest absolute Gasteiger partial charge is 0.490 e. The predicted molar refractivity (Wildman–Crippen MR) is 68.6 cm³/mol. The lowest BCUT2D eigenvalue weighted by Crippen LogP contribution is -2.23. The lowest BCUT2D eigenvalue weighted by molar-refractivity contribution is 0.0686. The summed E-state index contributed by atoms with van der Waals surface area (Å²) in [5.41, 5.74) is 0. The Morgan fingerprint density at radius 2 is 1.71 bits per heavy atom. The predicted octanol–water partition coefficient (Wildman–Crippen LogP) is 2.87. The van der Waals surface area contributed by atoms with Crippen LogP contribution in [0.25, 0.3) is 0 Å². The Hall–Kier alpha value is -1.22. The van der Waals surface area contributed by atoms with Crippen molar-refractivity contribution in [2.75, 3.05) is 13.2 Å². The molecule has 1 N–H and O–H groups in total. The molecule has 0 saturated heterocycles. The van der Waals surface area contributed by atoms with Crippen molar-refractivity contribution in [1.82, 2.24) is 0 Å². The molecule has 0 aliphatic rings. The van der Waals surface area contributed by atoms with Gasteiger partial charge in [-0.2, -0.15) is 0 Å². The third-order valence-corrected chi connectivity index (χ3v) is 2.49. The van der Waals surface area contributed by atoms with E-state index in [2.05, 4.69) is 6.92 Å². The molecule has 0 bridgehead atoms. The second kappa shape index (κ2) is 7.17. The van der Waals surface area contributed by atoms with Gasteiger partial charge in [0.2, 0.25) is 0 Å². The zero-order valence-electron chi connectivity index (χ0n) is 10.8. The first-order valence-corrected chi connectivity index (χ1v) is 6.17. The monoisotopic (exact) mass is 238 g/mol. The standard InChI is InChI=1S/C14H22O3/c1-4-9-16-13-7-5-6-8-14(13)17-10-12(15)11(2)3/h5-8,11-12,15H,4,9-10H2,1-3H3. The fourth-order valence-electron chi connectivity index (χ4n) is 1.27. The summed E-state index contributed by atoms with van der Waals surface area (Å²) in [6, 6.07) is 7.55. The minimum Gasteiger partial charge on any atom is -0.490 e. The molecule has 0 fully saturated rings. The summed E-state index contributed by atoms with van der Waals surface area (Å²) in [4.78, 5) is 0. The second-order valence-electron chi connectivity index (χ2n) is 4.42. The minimum atomic E-state index is -0.450. The molecule has 0 aromatic heterocycles. The zero-order chi connectivity index (χ0) is 12.7. The lowest BCUT2D eigenvalue weighted by Gasteiger charge is -2.17. The van der Waals surface area contributed by atoms with Gasteiger partial charge >= 0.3 is 0 Å². The van der Waals surface area contributed by atoms with E-state index in [1.807, 2.05) is 38.1 Å². The van der Waals surface area contributed by atoms with Crippen molar-refractivity contribution >= 4 is 0 Å². The average molecular weight is 238 g/mol. The first-order chi connectivity index (χ1) is 8.15. The summed E-state index contributed by atoms with van der Waals surface area (Å²) < 4.78 is 11.2. The zero-order valence-corrected chi connectivity index (χ0v) is 10.8. The molecular formula is C14H22O3. The molecule has 1 rings (SSSR count). The van der Waals surface area contributed by atoms with E-state index in [9.17, 15) is 5.11 Å². The molecule has 3 heteroatoms. The maximum atomic E-state index is 9.69. The second-order valence-corrected chi connectivity index (χ2v) is 4.42. The summed E-state index contributed by atoms with van der Waals surface area (Å²) in [7, 11) is 0. The van der Waals surface area contributed by atoms with Crippen LogP contribution in [0.3, 0.4) is 0 Å². The van der Waals surface area contributed by atoms with Crippen molar-refractivity contribution in [2.45, 2.75) is 33.3 Å². The van der Waals surface area contributed by atoms with Gasteiger partial charge in [-0.1, -0.05) is 32.9 Å². The van der Waals surface area contributed by atoms with Crippen LogP contribution in [0.5, 0.6) is 11.5 Å².